The third-order valence-electron chi connectivity index (χ3n) is 3.46. The van der Waals surface area contributed by atoms with Gasteiger partial charge in [0.05, 0.1) is 16.9 Å². The fraction of sp³-hybridized carbons (Fsp3) is 0.538. The van der Waals surface area contributed by atoms with Gasteiger partial charge in [-0.05, 0) is 6.07 Å². The van der Waals surface area contributed by atoms with Crippen LogP contribution >= 0.6 is 0 Å². The van der Waals surface area contributed by atoms with Crippen molar-refractivity contribution in [1.29, 1.82) is 0 Å². The Hall–Kier alpha value is -1.86. The lowest BCUT2D eigenvalue weighted by atomic mass is 9.94. The van der Waals surface area contributed by atoms with Crippen molar-refractivity contribution < 1.29 is 19.7 Å². The average Bonchev–Trinajstić information content (AvgIpc) is 2.38. The maximum Gasteiger partial charge on any atom is 0.337 e. The number of hydrogen-bond acceptors (Lipinski definition) is 6. The molecule has 0 radical (unpaired) electrons. The summed E-state index contributed by atoms with van der Waals surface area (Å²) in [6.45, 7) is 1.44. The number of ether oxygens (including phenoxy) is 1. The fourth-order valence-corrected chi connectivity index (χ4v) is 2.34. The Labute approximate surface area is 117 Å². The molecule has 0 aromatic carbocycles. The van der Waals surface area contributed by atoms with Crippen LogP contribution in [0, 0.1) is 0 Å². The zero-order valence-corrected chi connectivity index (χ0v) is 11.4. The van der Waals surface area contributed by atoms with Gasteiger partial charge in [0, 0.05) is 45.8 Å². The molecule has 2 heterocycles. The zero-order valence-electron chi connectivity index (χ0n) is 11.4. The molecule has 0 spiro atoms. The van der Waals surface area contributed by atoms with Crippen LogP contribution in [0.4, 0.5) is 11.5 Å². The maximum absolute atomic E-state index is 10.8. The molecular weight excluding hydrogens is 262 g/mol. The Bertz CT molecular complexity index is 500. The summed E-state index contributed by atoms with van der Waals surface area (Å²) in [5.41, 5.74) is 5.33. The minimum atomic E-state index is -1.07. The van der Waals surface area contributed by atoms with Gasteiger partial charge in [0.25, 0.3) is 0 Å². The van der Waals surface area contributed by atoms with Gasteiger partial charge in [-0.15, -0.1) is 0 Å². The predicted molar refractivity (Wildman–Crippen MR) is 73.9 cm³/mol. The van der Waals surface area contributed by atoms with Crippen molar-refractivity contribution in [3.8, 4) is 0 Å². The van der Waals surface area contributed by atoms with Crippen molar-refractivity contribution in [3.05, 3.63) is 17.8 Å². The van der Waals surface area contributed by atoms with Crippen LogP contribution in [-0.2, 0) is 4.74 Å². The number of anilines is 2. The van der Waals surface area contributed by atoms with E-state index in [0.717, 1.165) is 0 Å². The quantitative estimate of drug-likeness (QED) is 0.730. The van der Waals surface area contributed by atoms with Crippen molar-refractivity contribution in [2.24, 2.45) is 0 Å². The van der Waals surface area contributed by atoms with Gasteiger partial charge in [-0.2, -0.15) is 0 Å². The van der Waals surface area contributed by atoms with E-state index < -0.39 is 11.6 Å². The van der Waals surface area contributed by atoms with Crippen LogP contribution in [0.2, 0.25) is 0 Å². The molecule has 0 amide bonds. The molecule has 2 rings (SSSR count). The lowest BCUT2D eigenvalue weighted by molar-refractivity contribution is -0.0573. The number of nitrogen functional groups attached to an aromatic ring is 1. The molecule has 0 aliphatic carbocycles. The number of aromatic nitrogens is 1. The number of aromatic carboxylic acids is 1. The van der Waals surface area contributed by atoms with Crippen molar-refractivity contribution in [3.63, 3.8) is 0 Å². The zero-order chi connectivity index (χ0) is 14.8. The Morgan fingerprint density at radius 3 is 2.75 bits per heavy atom. The van der Waals surface area contributed by atoms with Gasteiger partial charge >= 0.3 is 5.97 Å². The van der Waals surface area contributed by atoms with Gasteiger partial charge in [0.15, 0.2) is 5.82 Å². The molecule has 0 unspecified atom stereocenters. The lowest BCUT2D eigenvalue weighted by Crippen LogP contribution is -2.46. The number of carboxylic acids is 1. The number of rotatable bonds is 4. The third kappa shape index (κ3) is 3.17. The third-order valence-corrected chi connectivity index (χ3v) is 3.46. The second-order valence-electron chi connectivity index (χ2n) is 5.13. The minimum absolute atomic E-state index is 0.0458. The summed E-state index contributed by atoms with van der Waals surface area (Å²) in [4.78, 5) is 16.7. The summed E-state index contributed by atoms with van der Waals surface area (Å²) >= 11 is 0. The number of carboxylic acid groups (broad SMARTS) is 1. The molecule has 1 aliphatic rings. The van der Waals surface area contributed by atoms with Crippen molar-refractivity contribution in [2.45, 2.75) is 18.4 Å². The fourth-order valence-electron chi connectivity index (χ4n) is 2.34. The smallest absolute Gasteiger partial charge is 0.337 e. The molecule has 1 aliphatic heterocycles. The van der Waals surface area contributed by atoms with E-state index >= 15 is 0 Å². The standard InChI is InChI=1S/C13H19N3O4/c1-16(8-13(19)2-4-20-5-3-13)11-10(14)6-9(7-15-11)12(17)18/h6-7,19H,2-5,8,14H2,1H3,(H,17,18). The first-order valence-electron chi connectivity index (χ1n) is 6.41. The van der Waals surface area contributed by atoms with Gasteiger partial charge < -0.3 is 25.6 Å². The molecule has 1 fully saturated rings. The molecule has 7 heteroatoms. The van der Waals surface area contributed by atoms with Crippen molar-refractivity contribution in [1.82, 2.24) is 4.98 Å². The number of aliphatic hydroxyl groups is 1. The Kier molecular flexibility index (Phi) is 4.10. The average molecular weight is 281 g/mol. The van der Waals surface area contributed by atoms with Crippen molar-refractivity contribution in [2.75, 3.05) is 37.4 Å². The molecule has 1 aromatic rings. The SMILES string of the molecule is CN(CC1(O)CCOCC1)c1ncc(C(=O)O)cc1N. The van der Waals surface area contributed by atoms with E-state index in [-0.39, 0.29) is 11.3 Å². The molecule has 1 aromatic heterocycles. The number of nitrogens with two attached hydrogens (primary N) is 1. The van der Waals surface area contributed by atoms with E-state index in [1.54, 1.807) is 11.9 Å². The van der Waals surface area contributed by atoms with E-state index in [0.29, 0.717) is 38.4 Å². The highest BCUT2D eigenvalue weighted by atomic mass is 16.5. The molecule has 110 valence electrons. The second-order valence-corrected chi connectivity index (χ2v) is 5.13. The number of likely N-dealkylation sites (N-methyl/N-ethyl adjacent to an activating group) is 1. The molecule has 1 saturated heterocycles. The summed E-state index contributed by atoms with van der Waals surface area (Å²) in [5.74, 6) is -0.601. The van der Waals surface area contributed by atoms with E-state index in [1.165, 1.54) is 12.3 Å². The molecule has 4 N–H and O–H groups in total. The summed E-state index contributed by atoms with van der Waals surface area (Å²) in [7, 11) is 1.77. The highest BCUT2D eigenvalue weighted by molar-refractivity contribution is 5.89. The topological polar surface area (TPSA) is 109 Å². The first-order chi connectivity index (χ1) is 9.41. The Morgan fingerprint density at radius 1 is 1.55 bits per heavy atom. The largest absolute Gasteiger partial charge is 0.478 e. The molecule has 7 nitrogen and oxygen atoms in total. The van der Waals surface area contributed by atoms with Crippen LogP contribution in [0.3, 0.4) is 0 Å². The molecule has 0 atom stereocenters. The van der Waals surface area contributed by atoms with Crippen molar-refractivity contribution >= 4 is 17.5 Å². The van der Waals surface area contributed by atoms with Crippen LogP contribution in [0.1, 0.15) is 23.2 Å². The molecule has 0 bridgehead atoms. The second kappa shape index (κ2) is 5.64. The van der Waals surface area contributed by atoms with E-state index in [1.807, 2.05) is 0 Å². The lowest BCUT2D eigenvalue weighted by Gasteiger charge is -2.36. The van der Waals surface area contributed by atoms with E-state index in [9.17, 15) is 9.90 Å². The summed E-state index contributed by atoms with van der Waals surface area (Å²) in [6, 6.07) is 1.37. The summed E-state index contributed by atoms with van der Waals surface area (Å²) < 4.78 is 5.23. The van der Waals surface area contributed by atoms with Crippen LogP contribution in [0.15, 0.2) is 12.3 Å². The van der Waals surface area contributed by atoms with Gasteiger partial charge in [0.1, 0.15) is 0 Å². The molecule has 0 saturated carbocycles. The first-order valence-corrected chi connectivity index (χ1v) is 6.41. The number of pyridine rings is 1. The summed E-state index contributed by atoms with van der Waals surface area (Å²) in [5, 5.41) is 19.3. The summed E-state index contributed by atoms with van der Waals surface area (Å²) in [6.07, 6.45) is 2.38. The highest BCUT2D eigenvalue weighted by Gasteiger charge is 2.31. The Morgan fingerprint density at radius 2 is 2.20 bits per heavy atom. The van der Waals surface area contributed by atoms with Gasteiger partial charge in [-0.1, -0.05) is 0 Å². The maximum atomic E-state index is 10.8. The Balaban J connectivity index is 2.12. The normalized spacial score (nSPS) is 17.7. The predicted octanol–water partition coefficient (Wildman–Crippen LogP) is 0.340. The monoisotopic (exact) mass is 281 g/mol. The minimum Gasteiger partial charge on any atom is -0.478 e. The first kappa shape index (κ1) is 14.5. The number of hydrogen-bond donors (Lipinski definition) is 3. The van der Waals surface area contributed by atoms with Crippen LogP contribution in [0.25, 0.3) is 0 Å². The van der Waals surface area contributed by atoms with Crippen LogP contribution in [0.5, 0.6) is 0 Å². The van der Waals surface area contributed by atoms with E-state index in [4.69, 9.17) is 15.6 Å². The number of carbonyl (C=O) groups is 1. The molecular formula is C13H19N3O4. The van der Waals surface area contributed by atoms with Crippen LogP contribution < -0.4 is 10.6 Å². The highest BCUT2D eigenvalue weighted by Crippen LogP contribution is 2.26. The van der Waals surface area contributed by atoms with Gasteiger partial charge in [0.2, 0.25) is 0 Å². The van der Waals surface area contributed by atoms with E-state index in [2.05, 4.69) is 4.98 Å². The van der Waals surface area contributed by atoms with Crippen LogP contribution in [-0.4, -0.2) is 53.6 Å². The number of nitrogens with zero attached hydrogens (tertiary/aromatic N) is 2. The molecule has 20 heavy (non-hydrogen) atoms. The van der Waals surface area contributed by atoms with Gasteiger partial charge in [-0.25, -0.2) is 9.78 Å². The van der Waals surface area contributed by atoms with Gasteiger partial charge in [-0.3, -0.25) is 0 Å².